The van der Waals surface area contributed by atoms with Gasteiger partial charge < -0.3 is 14.5 Å². The molecule has 0 saturated carbocycles. The van der Waals surface area contributed by atoms with Gasteiger partial charge in [-0.05, 0) is 19.2 Å². The molecule has 5 heteroatoms. The highest BCUT2D eigenvalue weighted by molar-refractivity contribution is 5.81. The van der Waals surface area contributed by atoms with Crippen LogP contribution in [0.1, 0.15) is 5.69 Å². The Labute approximate surface area is 111 Å². The van der Waals surface area contributed by atoms with Crippen LogP contribution >= 0.6 is 0 Å². The van der Waals surface area contributed by atoms with Crippen LogP contribution < -0.4 is 5.32 Å². The average molecular weight is 255 g/mol. The molecule has 0 unspecified atom stereocenters. The summed E-state index contributed by atoms with van der Waals surface area (Å²) in [5.74, 6) is 0. The lowest BCUT2D eigenvalue weighted by atomic mass is 10.1. The molecule has 0 aliphatic carbocycles. The van der Waals surface area contributed by atoms with Crippen molar-refractivity contribution in [2.45, 2.75) is 6.54 Å². The first kappa shape index (κ1) is 11.9. The van der Waals surface area contributed by atoms with Crippen LogP contribution in [0.15, 0.2) is 30.9 Å². The molecule has 3 rings (SSSR count). The van der Waals surface area contributed by atoms with E-state index in [-0.39, 0.29) is 0 Å². The molecule has 0 aliphatic rings. The second-order valence-corrected chi connectivity index (χ2v) is 4.74. The van der Waals surface area contributed by atoms with E-state index in [1.54, 1.807) is 0 Å². The standard InChI is InChI=1S/C14H17N5/c1-15-7-13-14(17-9-19(13)3)10-4-5-12-11(6-10)16-8-18(12)2/h4-6,8-9,15H,7H2,1-3H3. The summed E-state index contributed by atoms with van der Waals surface area (Å²) >= 11 is 0. The summed E-state index contributed by atoms with van der Waals surface area (Å²) in [6.07, 6.45) is 3.69. The Morgan fingerprint density at radius 1 is 1.11 bits per heavy atom. The highest BCUT2D eigenvalue weighted by Crippen LogP contribution is 2.25. The number of aromatic nitrogens is 4. The second kappa shape index (κ2) is 4.51. The molecule has 19 heavy (non-hydrogen) atoms. The van der Waals surface area contributed by atoms with Gasteiger partial charge in [-0.2, -0.15) is 0 Å². The first-order valence-electron chi connectivity index (χ1n) is 6.27. The lowest BCUT2D eigenvalue weighted by molar-refractivity contribution is 0.735. The zero-order valence-electron chi connectivity index (χ0n) is 11.4. The number of nitrogens with zero attached hydrogens (tertiary/aromatic N) is 4. The second-order valence-electron chi connectivity index (χ2n) is 4.74. The Morgan fingerprint density at radius 2 is 1.89 bits per heavy atom. The average Bonchev–Trinajstić information content (AvgIpc) is 2.95. The van der Waals surface area contributed by atoms with Crippen molar-refractivity contribution in [3.8, 4) is 11.3 Å². The van der Waals surface area contributed by atoms with Gasteiger partial charge in [0, 0.05) is 26.2 Å². The number of benzene rings is 1. The van der Waals surface area contributed by atoms with Crippen molar-refractivity contribution in [1.29, 1.82) is 0 Å². The van der Waals surface area contributed by atoms with Crippen molar-refractivity contribution in [3.63, 3.8) is 0 Å². The van der Waals surface area contributed by atoms with E-state index < -0.39 is 0 Å². The van der Waals surface area contributed by atoms with E-state index in [1.165, 1.54) is 5.69 Å². The molecule has 0 spiro atoms. The molecule has 0 radical (unpaired) electrons. The van der Waals surface area contributed by atoms with Crippen LogP contribution in [-0.4, -0.2) is 26.1 Å². The summed E-state index contributed by atoms with van der Waals surface area (Å²) in [5.41, 5.74) is 5.44. The van der Waals surface area contributed by atoms with Gasteiger partial charge in [-0.1, -0.05) is 6.07 Å². The monoisotopic (exact) mass is 255 g/mol. The first-order valence-corrected chi connectivity index (χ1v) is 6.27. The maximum atomic E-state index is 4.51. The molecule has 0 atom stereocenters. The summed E-state index contributed by atoms with van der Waals surface area (Å²) < 4.78 is 4.07. The number of hydrogen-bond acceptors (Lipinski definition) is 3. The van der Waals surface area contributed by atoms with E-state index in [2.05, 4.69) is 38.1 Å². The topological polar surface area (TPSA) is 47.7 Å². The molecule has 0 amide bonds. The Bertz CT molecular complexity index is 723. The number of rotatable bonds is 3. The lowest BCUT2D eigenvalue weighted by Crippen LogP contribution is -2.09. The zero-order chi connectivity index (χ0) is 13.4. The van der Waals surface area contributed by atoms with Gasteiger partial charge >= 0.3 is 0 Å². The van der Waals surface area contributed by atoms with Crippen LogP contribution in [0.4, 0.5) is 0 Å². The van der Waals surface area contributed by atoms with Gasteiger partial charge in [0.2, 0.25) is 0 Å². The summed E-state index contributed by atoms with van der Waals surface area (Å²) in [6.45, 7) is 0.798. The molecular weight excluding hydrogens is 238 g/mol. The van der Waals surface area contributed by atoms with Crippen molar-refractivity contribution in [2.24, 2.45) is 14.1 Å². The van der Waals surface area contributed by atoms with E-state index in [0.717, 1.165) is 28.8 Å². The molecule has 2 aromatic heterocycles. The van der Waals surface area contributed by atoms with Gasteiger partial charge in [0.05, 0.1) is 35.1 Å². The van der Waals surface area contributed by atoms with Crippen molar-refractivity contribution in [2.75, 3.05) is 7.05 Å². The van der Waals surface area contributed by atoms with Crippen LogP contribution in [0.2, 0.25) is 0 Å². The van der Waals surface area contributed by atoms with E-state index in [4.69, 9.17) is 0 Å². The molecule has 2 heterocycles. The summed E-state index contributed by atoms with van der Waals surface area (Å²) in [5, 5.41) is 3.18. The molecule has 1 aromatic carbocycles. The van der Waals surface area contributed by atoms with Gasteiger partial charge in [-0.15, -0.1) is 0 Å². The molecule has 0 aliphatic heterocycles. The minimum absolute atomic E-state index is 0.798. The van der Waals surface area contributed by atoms with E-state index in [1.807, 2.05) is 38.4 Å². The molecule has 1 N–H and O–H groups in total. The van der Waals surface area contributed by atoms with Crippen molar-refractivity contribution in [1.82, 2.24) is 24.4 Å². The van der Waals surface area contributed by atoms with E-state index in [9.17, 15) is 0 Å². The summed E-state index contributed by atoms with van der Waals surface area (Å²) in [4.78, 5) is 8.91. The van der Waals surface area contributed by atoms with Crippen molar-refractivity contribution in [3.05, 3.63) is 36.5 Å². The number of nitrogens with one attached hydrogen (secondary N) is 1. The molecule has 0 saturated heterocycles. The SMILES string of the molecule is CNCc1c(-c2ccc3c(c2)ncn3C)ncn1C. The van der Waals surface area contributed by atoms with Gasteiger partial charge in [-0.3, -0.25) is 0 Å². The molecular formula is C14H17N5. The van der Waals surface area contributed by atoms with Gasteiger partial charge in [0.15, 0.2) is 0 Å². The maximum absolute atomic E-state index is 4.51. The maximum Gasteiger partial charge on any atom is 0.0955 e. The number of fused-ring (bicyclic) bond motifs is 1. The number of aryl methyl sites for hydroxylation is 2. The zero-order valence-corrected chi connectivity index (χ0v) is 11.4. The van der Waals surface area contributed by atoms with Gasteiger partial charge in [-0.25, -0.2) is 9.97 Å². The van der Waals surface area contributed by atoms with Crippen LogP contribution in [0, 0.1) is 0 Å². The summed E-state index contributed by atoms with van der Waals surface area (Å²) in [6, 6.07) is 6.29. The predicted octanol–water partition coefficient (Wildman–Crippen LogP) is 1.69. The molecule has 98 valence electrons. The van der Waals surface area contributed by atoms with Crippen LogP contribution in [0.5, 0.6) is 0 Å². The minimum Gasteiger partial charge on any atom is -0.336 e. The smallest absolute Gasteiger partial charge is 0.0955 e. The van der Waals surface area contributed by atoms with Crippen LogP contribution in [0.25, 0.3) is 22.3 Å². The van der Waals surface area contributed by atoms with E-state index >= 15 is 0 Å². The minimum atomic E-state index is 0.798. The van der Waals surface area contributed by atoms with Crippen LogP contribution in [0.3, 0.4) is 0 Å². The van der Waals surface area contributed by atoms with Crippen molar-refractivity contribution >= 4 is 11.0 Å². The van der Waals surface area contributed by atoms with Gasteiger partial charge in [0.1, 0.15) is 0 Å². The largest absolute Gasteiger partial charge is 0.336 e. The Morgan fingerprint density at radius 3 is 2.68 bits per heavy atom. The third-order valence-corrected chi connectivity index (χ3v) is 3.40. The molecule has 5 nitrogen and oxygen atoms in total. The van der Waals surface area contributed by atoms with E-state index in [0.29, 0.717) is 0 Å². The molecule has 0 bridgehead atoms. The quantitative estimate of drug-likeness (QED) is 0.775. The fraction of sp³-hybridized carbons (Fsp3) is 0.286. The highest BCUT2D eigenvalue weighted by atomic mass is 15.1. The normalized spacial score (nSPS) is 11.3. The molecule has 0 fully saturated rings. The Balaban J connectivity index is 2.13. The Hall–Kier alpha value is -2.14. The Kier molecular flexibility index (Phi) is 2.83. The number of imidazole rings is 2. The van der Waals surface area contributed by atoms with Crippen LogP contribution in [-0.2, 0) is 20.6 Å². The fourth-order valence-electron chi connectivity index (χ4n) is 2.36. The predicted molar refractivity (Wildman–Crippen MR) is 75.7 cm³/mol. The fourth-order valence-corrected chi connectivity index (χ4v) is 2.36. The lowest BCUT2D eigenvalue weighted by Gasteiger charge is -2.05. The third kappa shape index (κ3) is 1.92. The molecule has 3 aromatic rings. The van der Waals surface area contributed by atoms with Gasteiger partial charge in [0.25, 0.3) is 0 Å². The highest BCUT2D eigenvalue weighted by Gasteiger charge is 2.11. The first-order chi connectivity index (χ1) is 9.20. The van der Waals surface area contributed by atoms with Crippen molar-refractivity contribution < 1.29 is 0 Å². The number of hydrogen-bond donors (Lipinski definition) is 1. The summed E-state index contributed by atoms with van der Waals surface area (Å²) in [7, 11) is 5.96. The third-order valence-electron chi connectivity index (χ3n) is 3.40.